The molecule has 0 atom stereocenters. The number of hydrogen-bond donors (Lipinski definition) is 0. The summed E-state index contributed by atoms with van der Waals surface area (Å²) in [6.45, 7) is 6.32. The predicted molar refractivity (Wildman–Crippen MR) is 58.9 cm³/mol. The van der Waals surface area contributed by atoms with Crippen LogP contribution in [0.3, 0.4) is 0 Å². The summed E-state index contributed by atoms with van der Waals surface area (Å²) in [5.74, 6) is 0. The van der Waals surface area contributed by atoms with Crippen molar-refractivity contribution in [3.63, 3.8) is 0 Å². The van der Waals surface area contributed by atoms with Gasteiger partial charge in [0.15, 0.2) is 0 Å². The fourth-order valence-corrected chi connectivity index (χ4v) is 3.72. The molecule has 0 aliphatic rings. The van der Waals surface area contributed by atoms with Crippen LogP contribution >= 0.6 is 0 Å². The molecule has 0 saturated heterocycles. The molecule has 0 radical (unpaired) electrons. The van der Waals surface area contributed by atoms with Gasteiger partial charge in [0.1, 0.15) is 0 Å². The first kappa shape index (κ1) is 12.8. The van der Waals surface area contributed by atoms with E-state index in [0.29, 0.717) is 0 Å². The van der Waals surface area contributed by atoms with Crippen LogP contribution in [0.4, 0.5) is 0 Å². The molecule has 0 spiro atoms. The number of hydrogen-bond acceptors (Lipinski definition) is 0. The molecule has 0 saturated carbocycles. The Bertz CT molecular complexity index is 144. The van der Waals surface area contributed by atoms with Gasteiger partial charge in [0, 0.05) is 0 Å². The summed E-state index contributed by atoms with van der Waals surface area (Å²) in [6.07, 6.45) is 13.5. The minimum atomic E-state index is -0.414. The zero-order chi connectivity index (χ0) is 9.94. The van der Waals surface area contributed by atoms with Crippen LogP contribution in [0.25, 0.3) is 0 Å². The summed E-state index contributed by atoms with van der Waals surface area (Å²) in [6, 6.07) is 0. The molecular weight excluding hydrogens is 196 g/mol. The SMILES string of the molecule is C/C=C/[CH2][Cr]([CH2]/C=C/C)[CH2]/C=C/C. The van der Waals surface area contributed by atoms with E-state index in [2.05, 4.69) is 57.2 Å². The standard InChI is InChI=1S/3C4H7.Cr/c3*1-3-4-2;/h3*3-4H,1H2,2H3;/b3*4-3+;. The predicted octanol–water partition coefficient (Wildman–Crippen LogP) is 4.59. The summed E-state index contributed by atoms with van der Waals surface area (Å²) in [4.78, 5) is 0. The molecule has 75 valence electrons. The summed E-state index contributed by atoms with van der Waals surface area (Å²) >= 11 is -0.414. The molecule has 0 aromatic rings. The Morgan fingerprint density at radius 2 is 1.00 bits per heavy atom. The molecule has 0 N–H and O–H groups in total. The van der Waals surface area contributed by atoms with E-state index >= 15 is 0 Å². The van der Waals surface area contributed by atoms with Crippen LogP contribution in [0.5, 0.6) is 0 Å². The van der Waals surface area contributed by atoms with Gasteiger partial charge in [-0.3, -0.25) is 0 Å². The molecule has 0 aliphatic heterocycles. The van der Waals surface area contributed by atoms with Crippen molar-refractivity contribution in [2.75, 3.05) is 0 Å². The summed E-state index contributed by atoms with van der Waals surface area (Å²) < 4.78 is 0. The van der Waals surface area contributed by atoms with E-state index < -0.39 is 14.1 Å². The van der Waals surface area contributed by atoms with E-state index in [-0.39, 0.29) is 0 Å². The third-order valence-electron chi connectivity index (χ3n) is 1.70. The van der Waals surface area contributed by atoms with Crippen LogP contribution in [0.1, 0.15) is 20.8 Å². The van der Waals surface area contributed by atoms with Gasteiger partial charge < -0.3 is 0 Å². The van der Waals surface area contributed by atoms with E-state index in [1.165, 1.54) is 15.8 Å². The summed E-state index contributed by atoms with van der Waals surface area (Å²) in [5.41, 5.74) is 0. The number of rotatable bonds is 6. The molecule has 0 heterocycles. The van der Waals surface area contributed by atoms with Gasteiger partial charge >= 0.3 is 87.2 Å². The fraction of sp³-hybridized carbons (Fsp3) is 0.500. The van der Waals surface area contributed by atoms with Gasteiger partial charge in [-0.15, -0.1) is 0 Å². The first-order valence-corrected chi connectivity index (χ1v) is 7.53. The summed E-state index contributed by atoms with van der Waals surface area (Å²) in [5, 5.41) is 3.97. The van der Waals surface area contributed by atoms with E-state index in [1.807, 2.05) is 0 Å². The van der Waals surface area contributed by atoms with Gasteiger partial charge in [-0.1, -0.05) is 0 Å². The van der Waals surface area contributed by atoms with Gasteiger partial charge in [0.25, 0.3) is 0 Å². The average molecular weight is 217 g/mol. The maximum absolute atomic E-state index is 2.32. The Balaban J connectivity index is 3.86. The van der Waals surface area contributed by atoms with Crippen LogP contribution in [0.2, 0.25) is 15.8 Å². The van der Waals surface area contributed by atoms with Gasteiger partial charge in [0.05, 0.1) is 0 Å². The second-order valence-electron chi connectivity index (χ2n) is 2.82. The van der Waals surface area contributed by atoms with Gasteiger partial charge in [-0.2, -0.15) is 0 Å². The maximum atomic E-state index is 2.32. The van der Waals surface area contributed by atoms with Crippen LogP contribution in [-0.2, 0) is 14.1 Å². The van der Waals surface area contributed by atoms with Crippen molar-refractivity contribution in [2.24, 2.45) is 0 Å². The van der Waals surface area contributed by atoms with Crippen molar-refractivity contribution in [1.82, 2.24) is 0 Å². The molecule has 0 aromatic heterocycles. The van der Waals surface area contributed by atoms with Crippen molar-refractivity contribution in [2.45, 2.75) is 36.6 Å². The quantitative estimate of drug-likeness (QED) is 0.571. The molecule has 13 heavy (non-hydrogen) atoms. The Morgan fingerprint density at radius 1 is 0.692 bits per heavy atom. The van der Waals surface area contributed by atoms with Gasteiger partial charge in [0.2, 0.25) is 0 Å². The van der Waals surface area contributed by atoms with E-state index in [1.54, 1.807) is 0 Å². The molecule has 0 rings (SSSR count). The second kappa shape index (κ2) is 9.84. The van der Waals surface area contributed by atoms with Crippen LogP contribution in [-0.4, -0.2) is 0 Å². The Kier molecular flexibility index (Phi) is 9.65. The van der Waals surface area contributed by atoms with E-state index in [9.17, 15) is 0 Å². The Labute approximate surface area is 87.4 Å². The second-order valence-corrected chi connectivity index (χ2v) is 6.29. The zero-order valence-electron chi connectivity index (χ0n) is 8.99. The molecule has 1 heteroatoms. The average Bonchev–Trinajstić information content (AvgIpc) is 2.17. The zero-order valence-corrected chi connectivity index (χ0v) is 10.3. The van der Waals surface area contributed by atoms with E-state index in [0.717, 1.165) is 0 Å². The third-order valence-corrected chi connectivity index (χ3v) is 4.81. The molecule has 0 amide bonds. The van der Waals surface area contributed by atoms with Crippen LogP contribution in [0, 0.1) is 0 Å². The Hall–Kier alpha value is -0.248. The summed E-state index contributed by atoms with van der Waals surface area (Å²) in [7, 11) is 0. The minimum absolute atomic E-state index is 0.414. The monoisotopic (exact) mass is 217 g/mol. The Morgan fingerprint density at radius 3 is 1.23 bits per heavy atom. The molecule has 0 unspecified atom stereocenters. The first-order valence-electron chi connectivity index (χ1n) is 4.82. The van der Waals surface area contributed by atoms with Crippen LogP contribution < -0.4 is 0 Å². The third kappa shape index (κ3) is 8.09. The molecule has 0 bridgehead atoms. The fourth-order valence-electron chi connectivity index (χ4n) is 0.901. The number of allylic oxidation sites excluding steroid dienone is 6. The van der Waals surface area contributed by atoms with Crippen molar-refractivity contribution in [3.05, 3.63) is 36.5 Å². The first-order chi connectivity index (χ1) is 6.35. The topological polar surface area (TPSA) is 0 Å². The molecule has 0 fully saturated rings. The van der Waals surface area contributed by atoms with Crippen LogP contribution in [0.15, 0.2) is 36.5 Å². The van der Waals surface area contributed by atoms with Crippen molar-refractivity contribution < 1.29 is 14.1 Å². The molecular formula is C12H21Cr. The molecule has 0 aliphatic carbocycles. The van der Waals surface area contributed by atoms with Crippen molar-refractivity contribution >= 4 is 0 Å². The molecule has 0 aromatic carbocycles. The van der Waals surface area contributed by atoms with E-state index in [4.69, 9.17) is 0 Å². The normalized spacial score (nSPS) is 12.9. The van der Waals surface area contributed by atoms with Gasteiger partial charge in [-0.25, -0.2) is 0 Å². The molecule has 0 nitrogen and oxygen atoms in total. The van der Waals surface area contributed by atoms with Gasteiger partial charge in [-0.05, 0) is 0 Å². The van der Waals surface area contributed by atoms with Crippen molar-refractivity contribution in [1.29, 1.82) is 0 Å². The van der Waals surface area contributed by atoms with Crippen molar-refractivity contribution in [3.8, 4) is 0 Å².